The lowest BCUT2D eigenvalue weighted by Crippen LogP contribution is -2.35. The SMILES string of the molecule is CCCNCC1CCCCN(C)C1c1cc(C)sc1C. The molecule has 1 aromatic heterocycles. The smallest absolute Gasteiger partial charge is 0.0396 e. The Balaban J connectivity index is 2.19. The van der Waals surface area contributed by atoms with E-state index in [1.807, 2.05) is 11.3 Å². The fourth-order valence-electron chi connectivity index (χ4n) is 3.54. The summed E-state index contributed by atoms with van der Waals surface area (Å²) in [5.41, 5.74) is 1.58. The minimum atomic E-state index is 0.604. The van der Waals surface area contributed by atoms with Crippen LogP contribution in [-0.4, -0.2) is 31.6 Å². The van der Waals surface area contributed by atoms with E-state index in [0.717, 1.165) is 19.0 Å². The third-order valence-corrected chi connectivity index (χ3v) is 5.47. The van der Waals surface area contributed by atoms with Gasteiger partial charge in [-0.2, -0.15) is 0 Å². The molecule has 1 N–H and O–H groups in total. The molecule has 0 aliphatic carbocycles. The Labute approximate surface area is 128 Å². The van der Waals surface area contributed by atoms with Crippen LogP contribution in [0.1, 0.15) is 54.0 Å². The second-order valence-corrected chi connectivity index (χ2v) is 7.71. The molecule has 2 atom stereocenters. The van der Waals surface area contributed by atoms with Crippen LogP contribution in [-0.2, 0) is 0 Å². The van der Waals surface area contributed by atoms with Crippen molar-refractivity contribution in [3.8, 4) is 0 Å². The van der Waals surface area contributed by atoms with Gasteiger partial charge in [-0.1, -0.05) is 13.3 Å². The van der Waals surface area contributed by atoms with Crippen LogP contribution in [0.25, 0.3) is 0 Å². The summed E-state index contributed by atoms with van der Waals surface area (Å²) in [6.07, 6.45) is 5.31. The van der Waals surface area contributed by atoms with E-state index < -0.39 is 0 Å². The molecule has 1 aliphatic heterocycles. The van der Waals surface area contributed by atoms with Crippen LogP contribution in [0.15, 0.2) is 6.07 Å². The third-order valence-electron chi connectivity index (χ3n) is 4.49. The standard InChI is InChI=1S/C17H30N2S/c1-5-9-18-12-15-8-6-7-10-19(4)17(15)16-11-13(2)20-14(16)3/h11,15,17-18H,5-10,12H2,1-4H3. The Kier molecular flexibility index (Phi) is 6.06. The van der Waals surface area contributed by atoms with Gasteiger partial charge in [0.1, 0.15) is 0 Å². The molecule has 0 saturated carbocycles. The van der Waals surface area contributed by atoms with Gasteiger partial charge in [0, 0.05) is 15.8 Å². The molecule has 2 nitrogen and oxygen atoms in total. The highest BCUT2D eigenvalue weighted by Crippen LogP contribution is 2.38. The van der Waals surface area contributed by atoms with Crippen LogP contribution < -0.4 is 5.32 Å². The summed E-state index contributed by atoms with van der Waals surface area (Å²) in [5.74, 6) is 0.752. The number of thiophene rings is 1. The Morgan fingerprint density at radius 2 is 2.15 bits per heavy atom. The van der Waals surface area contributed by atoms with E-state index in [4.69, 9.17) is 0 Å². The summed E-state index contributed by atoms with van der Waals surface area (Å²) < 4.78 is 0. The molecule has 1 saturated heterocycles. The van der Waals surface area contributed by atoms with Gasteiger partial charge in [-0.3, -0.25) is 4.90 Å². The summed E-state index contributed by atoms with van der Waals surface area (Å²) in [4.78, 5) is 5.57. The predicted octanol–water partition coefficient (Wildman–Crippen LogP) is 4.14. The zero-order valence-electron chi connectivity index (χ0n) is 13.5. The molecular weight excluding hydrogens is 264 g/mol. The molecule has 2 unspecified atom stereocenters. The summed E-state index contributed by atoms with van der Waals surface area (Å²) in [5, 5.41) is 3.66. The van der Waals surface area contributed by atoms with Gasteiger partial charge < -0.3 is 5.32 Å². The van der Waals surface area contributed by atoms with Gasteiger partial charge in [0.15, 0.2) is 0 Å². The van der Waals surface area contributed by atoms with Crippen molar-refractivity contribution >= 4 is 11.3 Å². The van der Waals surface area contributed by atoms with Gasteiger partial charge in [0.25, 0.3) is 0 Å². The van der Waals surface area contributed by atoms with E-state index in [1.54, 1.807) is 5.56 Å². The molecule has 0 aromatic carbocycles. The molecule has 114 valence electrons. The first kappa shape index (κ1) is 16.0. The quantitative estimate of drug-likeness (QED) is 0.821. The number of likely N-dealkylation sites (tertiary alicyclic amines) is 1. The Morgan fingerprint density at radius 3 is 2.80 bits per heavy atom. The van der Waals surface area contributed by atoms with Crippen LogP contribution in [0, 0.1) is 19.8 Å². The van der Waals surface area contributed by atoms with Crippen LogP contribution in [0.5, 0.6) is 0 Å². The maximum atomic E-state index is 3.66. The van der Waals surface area contributed by atoms with Gasteiger partial charge in [-0.25, -0.2) is 0 Å². The zero-order valence-corrected chi connectivity index (χ0v) is 14.4. The highest BCUT2D eigenvalue weighted by atomic mass is 32.1. The molecule has 0 radical (unpaired) electrons. The Bertz CT molecular complexity index is 413. The fourth-order valence-corrected chi connectivity index (χ4v) is 4.50. The highest BCUT2D eigenvalue weighted by molar-refractivity contribution is 7.12. The van der Waals surface area contributed by atoms with Gasteiger partial charge in [-0.05, 0) is 77.3 Å². The van der Waals surface area contributed by atoms with Crippen LogP contribution in [0.3, 0.4) is 0 Å². The average Bonchev–Trinajstić information content (AvgIpc) is 2.62. The minimum Gasteiger partial charge on any atom is -0.316 e. The van der Waals surface area contributed by atoms with E-state index in [2.05, 4.69) is 44.1 Å². The molecule has 1 fully saturated rings. The molecule has 20 heavy (non-hydrogen) atoms. The van der Waals surface area contributed by atoms with Gasteiger partial charge >= 0.3 is 0 Å². The molecule has 0 amide bonds. The summed E-state index contributed by atoms with van der Waals surface area (Å²) in [6, 6.07) is 3.03. The van der Waals surface area contributed by atoms with Crippen molar-refractivity contribution < 1.29 is 0 Å². The second kappa shape index (κ2) is 7.58. The summed E-state index contributed by atoms with van der Waals surface area (Å²) in [6.45, 7) is 10.3. The topological polar surface area (TPSA) is 15.3 Å². The van der Waals surface area contributed by atoms with E-state index in [9.17, 15) is 0 Å². The lowest BCUT2D eigenvalue weighted by atomic mass is 9.89. The maximum Gasteiger partial charge on any atom is 0.0396 e. The Morgan fingerprint density at radius 1 is 1.35 bits per heavy atom. The van der Waals surface area contributed by atoms with Crippen molar-refractivity contribution in [3.63, 3.8) is 0 Å². The molecule has 0 spiro atoms. The van der Waals surface area contributed by atoms with E-state index in [1.165, 1.54) is 42.0 Å². The van der Waals surface area contributed by atoms with E-state index >= 15 is 0 Å². The lowest BCUT2D eigenvalue weighted by Gasteiger charge is -2.33. The number of nitrogens with one attached hydrogen (secondary N) is 1. The molecule has 1 aromatic rings. The number of nitrogens with zero attached hydrogens (tertiary/aromatic N) is 1. The summed E-state index contributed by atoms with van der Waals surface area (Å²) >= 11 is 1.96. The van der Waals surface area contributed by atoms with Crippen molar-refractivity contribution in [2.75, 3.05) is 26.7 Å². The third kappa shape index (κ3) is 3.84. The molecule has 3 heteroatoms. The van der Waals surface area contributed by atoms with Crippen molar-refractivity contribution in [2.24, 2.45) is 5.92 Å². The van der Waals surface area contributed by atoms with Crippen molar-refractivity contribution in [1.29, 1.82) is 0 Å². The minimum absolute atomic E-state index is 0.604. The number of hydrogen-bond acceptors (Lipinski definition) is 3. The molecule has 0 bridgehead atoms. The zero-order chi connectivity index (χ0) is 14.5. The second-order valence-electron chi connectivity index (χ2n) is 6.25. The number of hydrogen-bond donors (Lipinski definition) is 1. The van der Waals surface area contributed by atoms with Crippen molar-refractivity contribution in [2.45, 2.75) is 52.5 Å². The van der Waals surface area contributed by atoms with Crippen LogP contribution in [0.4, 0.5) is 0 Å². The number of rotatable bonds is 5. The molecule has 1 aliphatic rings. The number of aryl methyl sites for hydroxylation is 2. The molecule has 2 heterocycles. The average molecular weight is 295 g/mol. The predicted molar refractivity (Wildman–Crippen MR) is 89.7 cm³/mol. The van der Waals surface area contributed by atoms with Crippen molar-refractivity contribution in [1.82, 2.24) is 10.2 Å². The largest absolute Gasteiger partial charge is 0.316 e. The summed E-state index contributed by atoms with van der Waals surface area (Å²) in [7, 11) is 2.31. The molecular formula is C17H30N2S. The van der Waals surface area contributed by atoms with E-state index in [0.29, 0.717) is 6.04 Å². The van der Waals surface area contributed by atoms with Gasteiger partial charge in [0.05, 0.1) is 0 Å². The van der Waals surface area contributed by atoms with Crippen LogP contribution >= 0.6 is 11.3 Å². The van der Waals surface area contributed by atoms with Crippen molar-refractivity contribution in [3.05, 3.63) is 21.4 Å². The first-order chi connectivity index (χ1) is 9.63. The highest BCUT2D eigenvalue weighted by Gasteiger charge is 2.30. The Hall–Kier alpha value is -0.380. The first-order valence-corrected chi connectivity index (χ1v) is 8.93. The lowest BCUT2D eigenvalue weighted by molar-refractivity contribution is 0.189. The van der Waals surface area contributed by atoms with Gasteiger partial charge in [0.2, 0.25) is 0 Å². The first-order valence-electron chi connectivity index (χ1n) is 8.11. The van der Waals surface area contributed by atoms with E-state index in [-0.39, 0.29) is 0 Å². The normalized spacial score (nSPS) is 24.8. The fraction of sp³-hybridized carbons (Fsp3) is 0.765. The molecule has 2 rings (SSSR count). The van der Waals surface area contributed by atoms with Gasteiger partial charge in [-0.15, -0.1) is 11.3 Å². The monoisotopic (exact) mass is 294 g/mol. The van der Waals surface area contributed by atoms with Crippen LogP contribution in [0.2, 0.25) is 0 Å². The maximum absolute atomic E-state index is 3.66.